The van der Waals surface area contributed by atoms with Crippen molar-refractivity contribution in [2.75, 3.05) is 11.9 Å². The molecular weight excluding hydrogens is 357 g/mol. The quantitative estimate of drug-likeness (QED) is 0.654. The van der Waals surface area contributed by atoms with Crippen LogP contribution in [-0.2, 0) is 6.18 Å². The maximum atomic E-state index is 12.9. The zero-order valence-electron chi connectivity index (χ0n) is 11.6. The maximum Gasteiger partial charge on any atom is 0.435 e. The molecule has 0 aliphatic carbocycles. The maximum absolute atomic E-state index is 12.9. The van der Waals surface area contributed by atoms with Crippen LogP contribution in [0, 0.1) is 11.3 Å². The van der Waals surface area contributed by atoms with Crippen LogP contribution in [0.5, 0.6) is 0 Å². The first kappa shape index (κ1) is 17.8. The van der Waals surface area contributed by atoms with Crippen molar-refractivity contribution in [2.45, 2.75) is 12.6 Å². The van der Waals surface area contributed by atoms with E-state index >= 15 is 0 Å². The van der Waals surface area contributed by atoms with E-state index in [1.807, 2.05) is 0 Å². The van der Waals surface area contributed by atoms with Gasteiger partial charge in [0.25, 0.3) is 6.43 Å². The van der Waals surface area contributed by atoms with Crippen LogP contribution in [0.25, 0.3) is 11.4 Å². The lowest BCUT2D eigenvalue weighted by atomic mass is 10.2. The van der Waals surface area contributed by atoms with Crippen molar-refractivity contribution in [3.05, 3.63) is 34.7 Å². The third-order valence-electron chi connectivity index (χ3n) is 2.72. The average molecular weight is 364 g/mol. The molecule has 0 spiro atoms. The van der Waals surface area contributed by atoms with E-state index < -0.39 is 24.0 Å². The van der Waals surface area contributed by atoms with Crippen LogP contribution in [0.4, 0.5) is 27.8 Å². The van der Waals surface area contributed by atoms with Gasteiger partial charge in [0.1, 0.15) is 23.8 Å². The summed E-state index contributed by atoms with van der Waals surface area (Å²) in [4.78, 5) is 10.3. The lowest BCUT2D eigenvalue weighted by molar-refractivity contribution is -0.143. The molecule has 0 unspecified atom stereocenters. The predicted molar refractivity (Wildman–Crippen MR) is 74.3 cm³/mol. The fourth-order valence-corrected chi connectivity index (χ4v) is 1.89. The highest BCUT2D eigenvalue weighted by atomic mass is 35.5. The highest BCUT2D eigenvalue weighted by molar-refractivity contribution is 6.32. The minimum Gasteiger partial charge on any atom is -0.356 e. The van der Waals surface area contributed by atoms with Gasteiger partial charge in [-0.25, -0.2) is 18.7 Å². The number of hydrogen-bond donors (Lipinski definition) is 1. The number of nitrogens with zero attached hydrogens (tertiary/aromatic N) is 4. The first-order valence-corrected chi connectivity index (χ1v) is 6.62. The van der Waals surface area contributed by atoms with Crippen molar-refractivity contribution in [2.24, 2.45) is 0 Å². The summed E-state index contributed by atoms with van der Waals surface area (Å²) >= 11 is 5.84. The standard InChI is InChI=1S/C13H7ClF5N5/c14-6-1-2-7(24-12(6)21-4-3-20)8-5-22-9(11(15)16)10(23-8)13(17,18)19/h1-2,5,11H,4H2,(H,21,24). The van der Waals surface area contributed by atoms with E-state index in [1.54, 1.807) is 6.07 Å². The lowest BCUT2D eigenvalue weighted by Crippen LogP contribution is -2.15. The Kier molecular flexibility index (Phi) is 5.14. The molecule has 5 nitrogen and oxygen atoms in total. The van der Waals surface area contributed by atoms with Gasteiger partial charge in [-0.15, -0.1) is 0 Å². The molecule has 0 saturated carbocycles. The van der Waals surface area contributed by atoms with Crippen LogP contribution in [0.1, 0.15) is 17.8 Å². The number of hydrogen-bond acceptors (Lipinski definition) is 5. The molecule has 2 aromatic rings. The molecule has 0 amide bonds. The summed E-state index contributed by atoms with van der Waals surface area (Å²) in [6.45, 7) is -0.139. The molecule has 2 heterocycles. The molecule has 0 aromatic carbocycles. The number of rotatable bonds is 4. The first-order valence-electron chi connectivity index (χ1n) is 6.24. The van der Waals surface area contributed by atoms with Crippen molar-refractivity contribution < 1.29 is 22.0 Å². The summed E-state index contributed by atoms with van der Waals surface area (Å²) < 4.78 is 64.0. The van der Waals surface area contributed by atoms with Gasteiger partial charge < -0.3 is 5.32 Å². The topological polar surface area (TPSA) is 74.5 Å². The van der Waals surface area contributed by atoms with Crippen molar-refractivity contribution in [1.82, 2.24) is 15.0 Å². The van der Waals surface area contributed by atoms with Crippen LogP contribution in [0.15, 0.2) is 18.3 Å². The SMILES string of the molecule is N#CCNc1nc(-c2cnc(C(F)F)c(C(F)(F)F)n2)ccc1Cl. The van der Waals surface area contributed by atoms with Crippen LogP contribution < -0.4 is 5.32 Å². The average Bonchev–Trinajstić information content (AvgIpc) is 2.52. The highest BCUT2D eigenvalue weighted by Crippen LogP contribution is 2.35. The zero-order chi connectivity index (χ0) is 17.9. The molecule has 24 heavy (non-hydrogen) atoms. The molecule has 0 fully saturated rings. The number of aromatic nitrogens is 3. The van der Waals surface area contributed by atoms with Gasteiger partial charge in [-0.3, -0.25) is 4.98 Å². The van der Waals surface area contributed by atoms with E-state index in [0.29, 0.717) is 0 Å². The summed E-state index contributed by atoms with van der Waals surface area (Å²) in [5.74, 6) is 0.0454. The van der Waals surface area contributed by atoms with Gasteiger partial charge in [0.05, 0.1) is 23.0 Å². The molecule has 126 valence electrons. The fraction of sp³-hybridized carbons (Fsp3) is 0.231. The molecule has 0 bridgehead atoms. The minimum absolute atomic E-state index is 0.0454. The Morgan fingerprint density at radius 1 is 1.21 bits per heavy atom. The monoisotopic (exact) mass is 363 g/mol. The first-order chi connectivity index (χ1) is 11.2. The second kappa shape index (κ2) is 6.92. The third kappa shape index (κ3) is 3.86. The highest BCUT2D eigenvalue weighted by Gasteiger charge is 2.39. The Morgan fingerprint density at radius 3 is 2.50 bits per heavy atom. The third-order valence-corrected chi connectivity index (χ3v) is 3.02. The van der Waals surface area contributed by atoms with Crippen molar-refractivity contribution in [3.8, 4) is 17.5 Å². The molecular formula is C13H7ClF5N5. The van der Waals surface area contributed by atoms with E-state index in [9.17, 15) is 22.0 Å². The normalized spacial score (nSPS) is 11.4. The Balaban J connectivity index is 2.52. The van der Waals surface area contributed by atoms with Crippen LogP contribution in [0.2, 0.25) is 5.02 Å². The largest absolute Gasteiger partial charge is 0.435 e. The van der Waals surface area contributed by atoms with Gasteiger partial charge in [-0.1, -0.05) is 11.6 Å². The van der Waals surface area contributed by atoms with Crippen molar-refractivity contribution >= 4 is 17.4 Å². The molecule has 0 aliphatic rings. The predicted octanol–water partition coefficient (Wildman–Crippen LogP) is 4.08. The molecule has 0 radical (unpaired) electrons. The Hall–Kier alpha value is -2.54. The van der Waals surface area contributed by atoms with Crippen LogP contribution >= 0.6 is 11.6 Å². The number of halogens is 6. The van der Waals surface area contributed by atoms with Crippen molar-refractivity contribution in [3.63, 3.8) is 0 Å². The second-order valence-corrected chi connectivity index (χ2v) is 4.73. The summed E-state index contributed by atoms with van der Waals surface area (Å²) in [6.07, 6.45) is -7.75. The van der Waals surface area contributed by atoms with E-state index in [4.69, 9.17) is 16.9 Å². The van der Waals surface area contributed by atoms with Crippen LogP contribution in [0.3, 0.4) is 0 Å². The summed E-state index contributed by atoms with van der Waals surface area (Å²) in [5, 5.41) is 11.2. The number of nitriles is 1. The van der Waals surface area contributed by atoms with Gasteiger partial charge in [-0.2, -0.15) is 18.4 Å². The van der Waals surface area contributed by atoms with Gasteiger partial charge in [0.2, 0.25) is 0 Å². The molecule has 11 heteroatoms. The molecule has 0 saturated heterocycles. The van der Waals surface area contributed by atoms with Crippen LogP contribution in [-0.4, -0.2) is 21.5 Å². The summed E-state index contributed by atoms with van der Waals surface area (Å²) in [7, 11) is 0. The second-order valence-electron chi connectivity index (χ2n) is 4.33. The van der Waals surface area contributed by atoms with E-state index in [-0.39, 0.29) is 28.8 Å². The summed E-state index contributed by atoms with van der Waals surface area (Å²) in [6, 6.07) is 4.36. The van der Waals surface area contributed by atoms with Gasteiger partial charge in [-0.05, 0) is 12.1 Å². The minimum atomic E-state index is -5.09. The Morgan fingerprint density at radius 2 is 1.92 bits per heavy atom. The number of anilines is 1. The smallest absolute Gasteiger partial charge is 0.356 e. The molecule has 0 aliphatic heterocycles. The molecule has 1 N–H and O–H groups in total. The van der Waals surface area contributed by atoms with Gasteiger partial charge >= 0.3 is 6.18 Å². The Bertz CT molecular complexity index is 787. The molecule has 0 atom stereocenters. The number of pyridine rings is 1. The van der Waals surface area contributed by atoms with E-state index in [1.165, 1.54) is 12.1 Å². The van der Waals surface area contributed by atoms with E-state index in [2.05, 4.69) is 20.3 Å². The number of nitrogens with one attached hydrogen (secondary N) is 1. The van der Waals surface area contributed by atoms with Crippen molar-refractivity contribution in [1.29, 1.82) is 5.26 Å². The fourth-order valence-electron chi connectivity index (χ4n) is 1.72. The Labute approximate surface area is 137 Å². The molecule has 2 rings (SSSR count). The summed E-state index contributed by atoms with van der Waals surface area (Å²) in [5.41, 5.74) is -3.66. The number of alkyl halides is 5. The lowest BCUT2D eigenvalue weighted by Gasteiger charge is -2.12. The zero-order valence-corrected chi connectivity index (χ0v) is 12.3. The van der Waals surface area contributed by atoms with Gasteiger partial charge in [0, 0.05) is 0 Å². The molecule has 2 aromatic heterocycles. The van der Waals surface area contributed by atoms with E-state index in [0.717, 1.165) is 6.20 Å². The van der Waals surface area contributed by atoms with Gasteiger partial charge in [0.15, 0.2) is 5.69 Å².